The average Bonchev–Trinajstić information content (AvgIpc) is 3.31. The zero-order valence-electron chi connectivity index (χ0n) is 14.7. The van der Waals surface area contributed by atoms with Crippen molar-refractivity contribution in [3.63, 3.8) is 0 Å². The molecule has 2 aromatic carbocycles. The zero-order valence-corrected chi connectivity index (χ0v) is 17.2. The minimum absolute atomic E-state index is 0.312. The standard InChI is InChI=1S/C20H16N2O2S3/c1-13-22-19(15-7-9-17(10-8-15)27(2,23)24)20(26-13)16-5-3-14(4-6-16)18-11-25-12-21-18/h3-12H,1-2H3. The summed E-state index contributed by atoms with van der Waals surface area (Å²) in [7, 11) is -3.21. The molecule has 0 fully saturated rings. The Morgan fingerprint density at radius 2 is 1.52 bits per heavy atom. The van der Waals surface area contributed by atoms with Gasteiger partial charge in [0.05, 0.1) is 31.7 Å². The van der Waals surface area contributed by atoms with Crippen LogP contribution in [0.1, 0.15) is 5.01 Å². The van der Waals surface area contributed by atoms with Crippen LogP contribution in [0.4, 0.5) is 0 Å². The van der Waals surface area contributed by atoms with Gasteiger partial charge in [0, 0.05) is 22.8 Å². The van der Waals surface area contributed by atoms with Crippen molar-refractivity contribution in [2.75, 3.05) is 6.26 Å². The normalized spacial score (nSPS) is 11.6. The number of thiazole rings is 2. The third kappa shape index (κ3) is 3.71. The van der Waals surface area contributed by atoms with Crippen LogP contribution < -0.4 is 0 Å². The Labute approximate surface area is 166 Å². The molecule has 0 N–H and O–H groups in total. The summed E-state index contributed by atoms with van der Waals surface area (Å²) in [6.45, 7) is 1.98. The molecule has 136 valence electrons. The quantitative estimate of drug-likeness (QED) is 0.456. The molecule has 0 aliphatic heterocycles. The lowest BCUT2D eigenvalue weighted by Gasteiger charge is -2.05. The fourth-order valence-corrected chi connectivity index (χ4v) is 4.96. The van der Waals surface area contributed by atoms with Crippen LogP contribution >= 0.6 is 22.7 Å². The number of sulfone groups is 1. The van der Waals surface area contributed by atoms with Gasteiger partial charge in [-0.15, -0.1) is 22.7 Å². The molecular weight excluding hydrogens is 396 g/mol. The number of benzene rings is 2. The summed E-state index contributed by atoms with van der Waals surface area (Å²) in [6, 6.07) is 15.2. The van der Waals surface area contributed by atoms with E-state index in [0.717, 1.165) is 38.0 Å². The topological polar surface area (TPSA) is 59.9 Å². The van der Waals surface area contributed by atoms with Crippen LogP contribution in [0.5, 0.6) is 0 Å². The maximum atomic E-state index is 11.7. The first-order chi connectivity index (χ1) is 12.9. The van der Waals surface area contributed by atoms with E-state index in [1.807, 2.05) is 29.9 Å². The Morgan fingerprint density at radius 1 is 0.889 bits per heavy atom. The van der Waals surface area contributed by atoms with Crippen LogP contribution in [0.3, 0.4) is 0 Å². The van der Waals surface area contributed by atoms with Crippen molar-refractivity contribution < 1.29 is 8.42 Å². The summed E-state index contributed by atoms with van der Waals surface area (Å²) in [4.78, 5) is 10.4. The van der Waals surface area contributed by atoms with Gasteiger partial charge in [-0.3, -0.25) is 0 Å². The zero-order chi connectivity index (χ0) is 19.0. The number of hydrogen-bond donors (Lipinski definition) is 0. The van der Waals surface area contributed by atoms with Crippen molar-refractivity contribution in [1.29, 1.82) is 0 Å². The van der Waals surface area contributed by atoms with Crippen molar-refractivity contribution in [2.24, 2.45) is 0 Å². The highest BCUT2D eigenvalue weighted by atomic mass is 32.2. The van der Waals surface area contributed by atoms with Gasteiger partial charge >= 0.3 is 0 Å². The maximum Gasteiger partial charge on any atom is 0.175 e. The van der Waals surface area contributed by atoms with Crippen molar-refractivity contribution in [3.05, 3.63) is 64.4 Å². The summed E-state index contributed by atoms with van der Waals surface area (Å²) >= 11 is 3.21. The van der Waals surface area contributed by atoms with E-state index in [1.54, 1.807) is 34.8 Å². The number of hydrogen-bond acceptors (Lipinski definition) is 6. The third-order valence-electron chi connectivity index (χ3n) is 4.17. The lowest BCUT2D eigenvalue weighted by molar-refractivity contribution is 0.602. The molecule has 0 saturated carbocycles. The first kappa shape index (κ1) is 18.0. The summed E-state index contributed by atoms with van der Waals surface area (Å²) in [5, 5.41) is 3.00. The Hall–Kier alpha value is -2.35. The molecule has 4 aromatic rings. The van der Waals surface area contributed by atoms with E-state index in [0.29, 0.717) is 4.90 Å². The van der Waals surface area contributed by atoms with E-state index in [-0.39, 0.29) is 0 Å². The van der Waals surface area contributed by atoms with Crippen molar-refractivity contribution in [2.45, 2.75) is 11.8 Å². The first-order valence-electron chi connectivity index (χ1n) is 8.19. The Morgan fingerprint density at radius 3 is 2.11 bits per heavy atom. The smallest absolute Gasteiger partial charge is 0.175 e. The number of aryl methyl sites for hydroxylation is 1. The molecule has 7 heteroatoms. The molecule has 0 unspecified atom stereocenters. The molecular formula is C20H16N2O2S3. The van der Waals surface area contributed by atoms with Gasteiger partial charge in [0.1, 0.15) is 0 Å². The summed E-state index contributed by atoms with van der Waals surface area (Å²) in [6.07, 6.45) is 1.21. The van der Waals surface area contributed by atoms with Gasteiger partial charge in [-0.25, -0.2) is 18.4 Å². The molecule has 0 aliphatic carbocycles. The van der Waals surface area contributed by atoms with Crippen LogP contribution in [0, 0.1) is 6.92 Å². The summed E-state index contributed by atoms with van der Waals surface area (Å²) < 4.78 is 23.4. The molecule has 0 saturated heterocycles. The van der Waals surface area contributed by atoms with E-state index >= 15 is 0 Å². The lowest BCUT2D eigenvalue weighted by Crippen LogP contribution is -1.96. The maximum absolute atomic E-state index is 11.7. The van der Waals surface area contributed by atoms with Crippen LogP contribution in [0.2, 0.25) is 0 Å². The summed E-state index contributed by atoms with van der Waals surface area (Å²) in [5.41, 5.74) is 6.75. The highest BCUT2D eigenvalue weighted by Gasteiger charge is 2.15. The van der Waals surface area contributed by atoms with Gasteiger partial charge in [0.2, 0.25) is 0 Å². The molecule has 4 nitrogen and oxygen atoms in total. The molecule has 2 aromatic heterocycles. The van der Waals surface area contributed by atoms with Crippen LogP contribution in [0.25, 0.3) is 33.0 Å². The van der Waals surface area contributed by atoms with Crippen molar-refractivity contribution in [3.8, 4) is 33.0 Å². The van der Waals surface area contributed by atoms with Crippen molar-refractivity contribution >= 4 is 32.5 Å². The minimum Gasteiger partial charge on any atom is -0.245 e. The molecule has 27 heavy (non-hydrogen) atoms. The monoisotopic (exact) mass is 412 g/mol. The average molecular weight is 413 g/mol. The Balaban J connectivity index is 1.73. The molecule has 0 bridgehead atoms. The van der Waals surface area contributed by atoms with E-state index < -0.39 is 9.84 Å². The second-order valence-electron chi connectivity index (χ2n) is 6.16. The second kappa shape index (κ2) is 6.99. The predicted octanol–water partition coefficient (Wildman–Crippen LogP) is 5.31. The largest absolute Gasteiger partial charge is 0.245 e. The SMILES string of the molecule is Cc1nc(-c2ccc(S(C)(=O)=O)cc2)c(-c2ccc(-c3cscn3)cc2)s1. The van der Waals surface area contributed by atoms with Gasteiger partial charge in [0.25, 0.3) is 0 Å². The van der Waals surface area contributed by atoms with E-state index in [1.165, 1.54) is 6.26 Å². The molecule has 4 rings (SSSR count). The van der Waals surface area contributed by atoms with Gasteiger partial charge in [0.15, 0.2) is 9.84 Å². The van der Waals surface area contributed by atoms with E-state index in [4.69, 9.17) is 0 Å². The fourth-order valence-electron chi connectivity index (χ4n) is 2.83. The highest BCUT2D eigenvalue weighted by Crippen LogP contribution is 2.37. The number of aromatic nitrogens is 2. The van der Waals surface area contributed by atoms with Gasteiger partial charge in [-0.2, -0.15) is 0 Å². The fraction of sp³-hybridized carbons (Fsp3) is 0.100. The van der Waals surface area contributed by atoms with Crippen LogP contribution in [-0.4, -0.2) is 24.6 Å². The number of rotatable bonds is 4. The molecule has 2 heterocycles. The van der Waals surface area contributed by atoms with E-state index in [2.05, 4.69) is 34.2 Å². The summed E-state index contributed by atoms with van der Waals surface area (Å²) in [5.74, 6) is 0. The van der Waals surface area contributed by atoms with Crippen LogP contribution in [0.15, 0.2) is 64.3 Å². The molecule has 0 atom stereocenters. The first-order valence-corrected chi connectivity index (χ1v) is 11.8. The Kier molecular flexibility index (Phi) is 4.67. The molecule has 0 amide bonds. The Bertz CT molecular complexity index is 1180. The van der Waals surface area contributed by atoms with Crippen LogP contribution in [-0.2, 0) is 9.84 Å². The van der Waals surface area contributed by atoms with Crippen molar-refractivity contribution in [1.82, 2.24) is 9.97 Å². The van der Waals surface area contributed by atoms with Gasteiger partial charge < -0.3 is 0 Å². The van der Waals surface area contributed by atoms with Gasteiger partial charge in [-0.1, -0.05) is 36.4 Å². The lowest BCUT2D eigenvalue weighted by atomic mass is 10.0. The molecule has 0 aliphatic rings. The van der Waals surface area contributed by atoms with Gasteiger partial charge in [-0.05, 0) is 24.6 Å². The van der Waals surface area contributed by atoms with E-state index in [9.17, 15) is 8.42 Å². The third-order valence-corrected chi connectivity index (χ3v) is 6.90. The molecule has 0 spiro atoms. The predicted molar refractivity (Wildman–Crippen MR) is 112 cm³/mol. The minimum atomic E-state index is -3.21. The molecule has 0 radical (unpaired) electrons. The highest BCUT2D eigenvalue weighted by molar-refractivity contribution is 7.90. The number of nitrogens with zero attached hydrogens (tertiary/aromatic N) is 2. The second-order valence-corrected chi connectivity index (χ2v) is 10.1.